The Labute approximate surface area is 186 Å². The molecule has 8 nitrogen and oxygen atoms in total. The van der Waals surface area contributed by atoms with Gasteiger partial charge < -0.3 is 19.8 Å². The number of benzene rings is 1. The number of piperidine rings is 1. The summed E-state index contributed by atoms with van der Waals surface area (Å²) < 4.78 is 20.9. The van der Waals surface area contributed by atoms with Crippen molar-refractivity contribution in [2.75, 3.05) is 6.54 Å². The number of aryl methyl sites for hydroxylation is 1. The maximum absolute atomic E-state index is 14.2. The summed E-state index contributed by atoms with van der Waals surface area (Å²) in [6.07, 6.45) is 0.638. The molecule has 2 N–H and O–H groups in total. The molecule has 0 saturated carbocycles. The maximum Gasteiger partial charge on any atom is 0.410 e. The number of carbonyl (C=O) groups is 1. The molecule has 176 valence electrons. The van der Waals surface area contributed by atoms with Crippen molar-refractivity contribution in [1.82, 2.24) is 14.5 Å². The number of aliphatic hydroxyl groups excluding tert-OH is 2. The standard InChI is InChI=1S/C23H32FN3O5/c1-5-14-9-18-16(11-17(14)24)21(30)26(13-25-18)12-15(28)10-19-20(29)7-6-8-27(19)22(31)32-23(2,3)4/h9,11,13,15,19-20,28-29H,5-8,10,12H2,1-4H3/t15-,19+,20-/m0/s1. The molecular weight excluding hydrogens is 417 g/mol. The Morgan fingerprint density at radius 1 is 1.38 bits per heavy atom. The second kappa shape index (κ2) is 9.54. The average Bonchev–Trinajstić information content (AvgIpc) is 2.70. The van der Waals surface area contributed by atoms with Gasteiger partial charge in [0.05, 0.1) is 42.0 Å². The Morgan fingerprint density at radius 3 is 2.75 bits per heavy atom. The number of rotatable bonds is 5. The van der Waals surface area contributed by atoms with E-state index in [1.807, 2.05) is 6.92 Å². The van der Waals surface area contributed by atoms with Gasteiger partial charge in [0.15, 0.2) is 0 Å². The molecular formula is C23H32FN3O5. The number of fused-ring (bicyclic) bond motifs is 1. The summed E-state index contributed by atoms with van der Waals surface area (Å²) in [6, 6.07) is 2.10. The third kappa shape index (κ3) is 5.45. The van der Waals surface area contributed by atoms with Crippen LogP contribution < -0.4 is 5.56 Å². The molecule has 1 fully saturated rings. The van der Waals surface area contributed by atoms with E-state index in [0.29, 0.717) is 36.9 Å². The predicted octanol–water partition coefficient (Wildman–Crippen LogP) is 2.61. The van der Waals surface area contributed by atoms with Crippen molar-refractivity contribution in [3.63, 3.8) is 0 Å². The fraction of sp³-hybridized carbons (Fsp3) is 0.609. The zero-order valence-corrected chi connectivity index (χ0v) is 19.0. The van der Waals surface area contributed by atoms with Crippen molar-refractivity contribution in [2.45, 2.75) is 83.8 Å². The number of amides is 1. The zero-order valence-electron chi connectivity index (χ0n) is 19.0. The number of nitrogens with zero attached hydrogens (tertiary/aromatic N) is 3. The summed E-state index contributed by atoms with van der Waals surface area (Å²) in [5.74, 6) is -0.462. The molecule has 1 saturated heterocycles. The van der Waals surface area contributed by atoms with E-state index in [1.54, 1.807) is 26.8 Å². The first-order valence-electron chi connectivity index (χ1n) is 11.0. The molecule has 0 bridgehead atoms. The van der Waals surface area contributed by atoms with Crippen molar-refractivity contribution in [1.29, 1.82) is 0 Å². The fourth-order valence-electron chi connectivity index (χ4n) is 4.07. The van der Waals surface area contributed by atoms with Gasteiger partial charge in [0.1, 0.15) is 11.4 Å². The lowest BCUT2D eigenvalue weighted by Gasteiger charge is -2.40. The monoisotopic (exact) mass is 449 g/mol. The van der Waals surface area contributed by atoms with Gasteiger partial charge in [-0.3, -0.25) is 9.36 Å². The lowest BCUT2D eigenvalue weighted by molar-refractivity contribution is -0.0368. The molecule has 1 aliphatic rings. The molecule has 0 unspecified atom stereocenters. The summed E-state index contributed by atoms with van der Waals surface area (Å²) in [6.45, 7) is 7.44. The highest BCUT2D eigenvalue weighted by Gasteiger charge is 2.37. The molecule has 1 aromatic heterocycles. The highest BCUT2D eigenvalue weighted by atomic mass is 19.1. The highest BCUT2D eigenvalue weighted by molar-refractivity contribution is 5.78. The molecule has 1 aromatic carbocycles. The second-order valence-electron chi connectivity index (χ2n) is 9.36. The van der Waals surface area contributed by atoms with Crippen molar-refractivity contribution >= 4 is 17.0 Å². The van der Waals surface area contributed by atoms with Gasteiger partial charge in [0.2, 0.25) is 0 Å². The summed E-state index contributed by atoms with van der Waals surface area (Å²) in [5, 5.41) is 21.3. The molecule has 0 spiro atoms. The second-order valence-corrected chi connectivity index (χ2v) is 9.36. The number of carbonyl (C=O) groups excluding carboxylic acids is 1. The Hall–Kier alpha value is -2.52. The van der Waals surface area contributed by atoms with Crippen LogP contribution >= 0.6 is 0 Å². The Kier molecular flexibility index (Phi) is 7.19. The van der Waals surface area contributed by atoms with Crippen LogP contribution in [-0.4, -0.2) is 61.2 Å². The Bertz CT molecular complexity index is 1030. The van der Waals surface area contributed by atoms with E-state index >= 15 is 0 Å². The summed E-state index contributed by atoms with van der Waals surface area (Å²) in [5.41, 5.74) is -0.253. The maximum atomic E-state index is 14.2. The SMILES string of the molecule is CCc1cc2ncn(C[C@@H](O)C[C@@H]3[C@@H](O)CCCN3C(=O)OC(C)(C)C)c(=O)c2cc1F. The molecule has 32 heavy (non-hydrogen) atoms. The van der Waals surface area contributed by atoms with Gasteiger partial charge in [0, 0.05) is 6.54 Å². The number of ether oxygens (including phenoxy) is 1. The van der Waals surface area contributed by atoms with Gasteiger partial charge in [-0.15, -0.1) is 0 Å². The molecule has 1 aliphatic heterocycles. The number of hydrogen-bond donors (Lipinski definition) is 2. The van der Waals surface area contributed by atoms with Crippen LogP contribution in [0.2, 0.25) is 0 Å². The van der Waals surface area contributed by atoms with E-state index in [1.165, 1.54) is 21.9 Å². The summed E-state index contributed by atoms with van der Waals surface area (Å²) in [4.78, 5) is 31.1. The van der Waals surface area contributed by atoms with E-state index in [4.69, 9.17) is 4.74 Å². The van der Waals surface area contributed by atoms with Crippen molar-refractivity contribution < 1.29 is 24.1 Å². The van der Waals surface area contributed by atoms with E-state index in [-0.39, 0.29) is 18.4 Å². The molecule has 3 atom stereocenters. The van der Waals surface area contributed by atoms with Crippen molar-refractivity contribution in [3.05, 3.63) is 40.2 Å². The first-order chi connectivity index (χ1) is 15.0. The van der Waals surface area contributed by atoms with Crippen LogP contribution in [0.4, 0.5) is 9.18 Å². The third-order valence-electron chi connectivity index (χ3n) is 5.67. The first-order valence-corrected chi connectivity index (χ1v) is 11.0. The van der Waals surface area contributed by atoms with E-state index in [0.717, 1.165) is 0 Å². The molecule has 2 heterocycles. The molecule has 3 rings (SSSR count). The number of aliphatic hydroxyl groups is 2. The van der Waals surface area contributed by atoms with Gasteiger partial charge in [-0.1, -0.05) is 6.92 Å². The largest absolute Gasteiger partial charge is 0.444 e. The lowest BCUT2D eigenvalue weighted by atomic mass is 9.94. The third-order valence-corrected chi connectivity index (χ3v) is 5.67. The molecule has 9 heteroatoms. The van der Waals surface area contributed by atoms with Gasteiger partial charge in [0.25, 0.3) is 5.56 Å². The highest BCUT2D eigenvalue weighted by Crippen LogP contribution is 2.24. The Balaban J connectivity index is 1.78. The summed E-state index contributed by atoms with van der Waals surface area (Å²) >= 11 is 0. The van der Waals surface area contributed by atoms with Crippen LogP contribution in [0, 0.1) is 5.82 Å². The topological polar surface area (TPSA) is 105 Å². The quantitative estimate of drug-likeness (QED) is 0.727. The zero-order chi connectivity index (χ0) is 23.6. The number of aromatic nitrogens is 2. The molecule has 0 aliphatic carbocycles. The van der Waals surface area contributed by atoms with Crippen molar-refractivity contribution in [3.8, 4) is 0 Å². The Morgan fingerprint density at radius 2 is 2.09 bits per heavy atom. The minimum absolute atomic E-state index is 0.0635. The van der Waals surface area contributed by atoms with Crippen LogP contribution in [0.15, 0.2) is 23.3 Å². The van der Waals surface area contributed by atoms with E-state index in [9.17, 15) is 24.2 Å². The minimum Gasteiger partial charge on any atom is -0.444 e. The normalized spacial score (nSPS) is 20.4. The lowest BCUT2D eigenvalue weighted by Crippen LogP contribution is -2.53. The molecule has 0 radical (unpaired) electrons. The van der Waals surface area contributed by atoms with Crippen LogP contribution in [0.3, 0.4) is 0 Å². The van der Waals surface area contributed by atoms with Gasteiger partial charge in [-0.25, -0.2) is 14.2 Å². The minimum atomic E-state index is -1.03. The fourth-order valence-corrected chi connectivity index (χ4v) is 4.07. The first kappa shape index (κ1) is 24.1. The number of hydrogen-bond acceptors (Lipinski definition) is 6. The smallest absolute Gasteiger partial charge is 0.410 e. The van der Waals surface area contributed by atoms with Crippen molar-refractivity contribution in [2.24, 2.45) is 0 Å². The molecule has 2 aromatic rings. The predicted molar refractivity (Wildman–Crippen MR) is 118 cm³/mol. The average molecular weight is 450 g/mol. The van der Waals surface area contributed by atoms with Gasteiger partial charge in [-0.05, 0) is 64.2 Å². The van der Waals surface area contributed by atoms with E-state index in [2.05, 4.69) is 4.98 Å². The van der Waals surface area contributed by atoms with Crippen LogP contribution in [0.1, 0.15) is 52.5 Å². The number of likely N-dealkylation sites (tertiary alicyclic amines) is 1. The van der Waals surface area contributed by atoms with Crippen LogP contribution in [0.25, 0.3) is 10.9 Å². The van der Waals surface area contributed by atoms with Crippen LogP contribution in [0.5, 0.6) is 0 Å². The van der Waals surface area contributed by atoms with Gasteiger partial charge in [-0.2, -0.15) is 0 Å². The summed E-state index contributed by atoms with van der Waals surface area (Å²) in [7, 11) is 0. The van der Waals surface area contributed by atoms with Gasteiger partial charge >= 0.3 is 6.09 Å². The molecule has 1 amide bonds. The van der Waals surface area contributed by atoms with Crippen LogP contribution in [-0.2, 0) is 17.7 Å². The van der Waals surface area contributed by atoms with E-state index < -0.39 is 41.3 Å². The number of halogens is 1.